The van der Waals surface area contributed by atoms with E-state index in [1.54, 1.807) is 0 Å². The van der Waals surface area contributed by atoms with Gasteiger partial charge < -0.3 is 14.5 Å². The molecule has 1 N–H and O–H groups in total. The van der Waals surface area contributed by atoms with Crippen molar-refractivity contribution in [2.24, 2.45) is 10.8 Å². The molecule has 0 bridgehead atoms. The molecule has 4 fully saturated rings. The number of aromatic amines is 1. The highest BCUT2D eigenvalue weighted by molar-refractivity contribution is 5.76. The summed E-state index contributed by atoms with van der Waals surface area (Å²) in [7, 11) is 0. The number of rotatable bonds is 4. The van der Waals surface area contributed by atoms with Gasteiger partial charge in [0.2, 0.25) is 0 Å². The molecule has 1 spiro atoms. The molecule has 2 aliphatic carbocycles. The first-order chi connectivity index (χ1) is 13.3. The molecule has 0 radical (unpaired) electrons. The van der Waals surface area contributed by atoms with E-state index in [9.17, 15) is 18.0 Å². The summed E-state index contributed by atoms with van der Waals surface area (Å²) in [6.45, 7) is 2.50. The lowest BCUT2D eigenvalue weighted by atomic mass is 9.62. The molecule has 1 aromatic heterocycles. The zero-order valence-electron chi connectivity index (χ0n) is 15.5. The molecule has 1 atom stereocenters. The average molecular weight is 399 g/mol. The third-order valence-electron chi connectivity index (χ3n) is 6.97. The fraction of sp³-hybridized carbons (Fsp3) is 0.833. The normalized spacial score (nSPS) is 28.3. The third kappa shape index (κ3) is 2.96. The number of alkyl halides is 3. The molecule has 1 aromatic rings. The lowest BCUT2D eigenvalue weighted by Gasteiger charge is -2.59. The largest absolute Gasteiger partial charge is 0.396 e. The number of nitrogens with one attached hydrogen (secondary N) is 1. The van der Waals surface area contributed by atoms with Crippen molar-refractivity contribution in [2.45, 2.75) is 50.3 Å². The van der Waals surface area contributed by atoms with Crippen LogP contribution >= 0.6 is 0 Å². The number of halogens is 3. The Labute approximate surface area is 160 Å². The van der Waals surface area contributed by atoms with Gasteiger partial charge in [-0.3, -0.25) is 5.10 Å². The van der Waals surface area contributed by atoms with Crippen LogP contribution in [0.5, 0.6) is 0 Å². The minimum atomic E-state index is -4.16. The van der Waals surface area contributed by atoms with Crippen molar-refractivity contribution in [2.75, 3.05) is 32.8 Å². The molecule has 3 heterocycles. The molecular weight excluding hydrogens is 375 g/mol. The van der Waals surface area contributed by atoms with Gasteiger partial charge in [-0.25, -0.2) is 9.78 Å². The Bertz CT molecular complexity index is 735. The number of aromatic nitrogens is 3. The van der Waals surface area contributed by atoms with Crippen LogP contribution in [-0.4, -0.2) is 76.1 Å². The van der Waals surface area contributed by atoms with Crippen LogP contribution < -0.4 is 0 Å². The van der Waals surface area contributed by atoms with Crippen LogP contribution in [0.3, 0.4) is 0 Å². The molecule has 10 heteroatoms. The molecule has 4 aliphatic rings. The standard InChI is InChI=1S/C18H24F3N5O2/c19-18(20,21)17(2-3-17)10-28-13-5-16(6-13)8-26(9-16)15(27)25-4-1-12(7-25)14-22-11-23-24-14/h11-13H,1-10H2,(H,22,23,24)/t12-/m0/s1. The Kier molecular flexibility index (Phi) is 3.95. The van der Waals surface area contributed by atoms with E-state index in [1.807, 2.05) is 9.80 Å². The second-order valence-electron chi connectivity index (χ2n) is 9.06. The molecule has 5 rings (SSSR count). The summed E-state index contributed by atoms with van der Waals surface area (Å²) in [5, 5.41) is 6.74. The molecule has 0 unspecified atom stereocenters. The molecule has 2 amide bonds. The van der Waals surface area contributed by atoms with Crippen LogP contribution in [0.4, 0.5) is 18.0 Å². The maximum Gasteiger partial charge on any atom is 0.396 e. The highest BCUT2D eigenvalue weighted by Gasteiger charge is 2.64. The lowest BCUT2D eigenvalue weighted by molar-refractivity contribution is -0.219. The van der Waals surface area contributed by atoms with Crippen molar-refractivity contribution >= 4 is 6.03 Å². The second-order valence-corrected chi connectivity index (χ2v) is 9.06. The number of carbonyl (C=O) groups excluding carboxylic acids is 1. The summed E-state index contributed by atoms with van der Waals surface area (Å²) in [6, 6.07) is 0.0472. The first kappa shape index (κ1) is 18.2. The summed E-state index contributed by atoms with van der Waals surface area (Å²) >= 11 is 0. The summed E-state index contributed by atoms with van der Waals surface area (Å²) in [6.07, 6.45) is -0.0301. The predicted octanol–water partition coefficient (Wildman–Crippen LogP) is 2.54. The highest BCUT2D eigenvalue weighted by atomic mass is 19.4. The molecule has 154 valence electrons. The SMILES string of the molecule is O=C(N1CC[C@H](c2ncn[nH]2)C1)N1CC2(CC(OCC3(C(F)(F)F)CC3)C2)C1. The van der Waals surface area contributed by atoms with Gasteiger partial charge in [0.05, 0.1) is 18.1 Å². The number of nitrogens with zero attached hydrogens (tertiary/aromatic N) is 4. The van der Waals surface area contributed by atoms with Gasteiger partial charge in [0.25, 0.3) is 0 Å². The molecule has 28 heavy (non-hydrogen) atoms. The lowest BCUT2D eigenvalue weighted by Crippen LogP contribution is -2.67. The number of likely N-dealkylation sites (tertiary alicyclic amines) is 2. The maximum atomic E-state index is 13.0. The Morgan fingerprint density at radius 2 is 2.04 bits per heavy atom. The Balaban J connectivity index is 1.05. The number of carbonyl (C=O) groups is 1. The number of hydrogen-bond acceptors (Lipinski definition) is 4. The number of urea groups is 1. The fourth-order valence-corrected chi connectivity index (χ4v) is 4.89. The smallest absolute Gasteiger partial charge is 0.377 e. The number of ether oxygens (including phenoxy) is 1. The van der Waals surface area contributed by atoms with Gasteiger partial charge in [-0.2, -0.15) is 18.3 Å². The van der Waals surface area contributed by atoms with Gasteiger partial charge >= 0.3 is 12.2 Å². The number of hydrogen-bond donors (Lipinski definition) is 1. The van der Waals surface area contributed by atoms with E-state index >= 15 is 0 Å². The van der Waals surface area contributed by atoms with Crippen LogP contribution in [0.1, 0.15) is 43.8 Å². The van der Waals surface area contributed by atoms with Gasteiger partial charge in [0.1, 0.15) is 12.2 Å². The number of H-pyrrole nitrogens is 1. The topological polar surface area (TPSA) is 74.4 Å². The van der Waals surface area contributed by atoms with Crippen molar-refractivity contribution < 1.29 is 22.7 Å². The molecule has 7 nitrogen and oxygen atoms in total. The van der Waals surface area contributed by atoms with E-state index in [1.165, 1.54) is 6.33 Å². The van der Waals surface area contributed by atoms with E-state index in [4.69, 9.17) is 4.74 Å². The summed E-state index contributed by atoms with van der Waals surface area (Å²) in [5.74, 6) is 1.02. The van der Waals surface area contributed by atoms with Crippen LogP contribution in [0.25, 0.3) is 0 Å². The van der Waals surface area contributed by atoms with Gasteiger partial charge in [0, 0.05) is 37.5 Å². The first-order valence-corrected chi connectivity index (χ1v) is 9.87. The summed E-state index contributed by atoms with van der Waals surface area (Å²) in [4.78, 5) is 20.6. The van der Waals surface area contributed by atoms with Gasteiger partial charge in [0.15, 0.2) is 0 Å². The maximum absolute atomic E-state index is 13.0. The zero-order valence-corrected chi connectivity index (χ0v) is 15.5. The minimum absolute atomic E-state index is 0.0472. The van der Waals surface area contributed by atoms with E-state index in [2.05, 4.69) is 15.2 Å². The van der Waals surface area contributed by atoms with E-state index in [0.29, 0.717) is 26.2 Å². The van der Waals surface area contributed by atoms with E-state index < -0.39 is 11.6 Å². The third-order valence-corrected chi connectivity index (χ3v) is 6.97. The Hall–Kier alpha value is -1.84. The molecule has 2 saturated heterocycles. The van der Waals surface area contributed by atoms with Crippen molar-refractivity contribution in [1.29, 1.82) is 0 Å². The zero-order chi connectivity index (χ0) is 19.6. The fourth-order valence-electron chi connectivity index (χ4n) is 4.89. The molecule has 0 aromatic carbocycles. The minimum Gasteiger partial charge on any atom is -0.377 e. The van der Waals surface area contributed by atoms with Crippen molar-refractivity contribution in [3.8, 4) is 0 Å². The van der Waals surface area contributed by atoms with Crippen molar-refractivity contribution in [3.63, 3.8) is 0 Å². The highest BCUT2D eigenvalue weighted by Crippen LogP contribution is 2.59. The Morgan fingerprint density at radius 3 is 2.64 bits per heavy atom. The monoisotopic (exact) mass is 399 g/mol. The van der Waals surface area contributed by atoms with Crippen LogP contribution in [-0.2, 0) is 4.74 Å². The summed E-state index contributed by atoms with van der Waals surface area (Å²) in [5.41, 5.74) is -1.54. The van der Waals surface area contributed by atoms with Gasteiger partial charge in [-0.1, -0.05) is 0 Å². The van der Waals surface area contributed by atoms with Gasteiger partial charge in [-0.15, -0.1) is 0 Å². The number of amides is 2. The van der Waals surface area contributed by atoms with Crippen LogP contribution in [0.2, 0.25) is 0 Å². The van der Waals surface area contributed by atoms with Crippen molar-refractivity contribution in [1.82, 2.24) is 25.0 Å². The molecule has 2 aliphatic heterocycles. The van der Waals surface area contributed by atoms with Crippen LogP contribution in [0.15, 0.2) is 6.33 Å². The first-order valence-electron chi connectivity index (χ1n) is 9.87. The van der Waals surface area contributed by atoms with Gasteiger partial charge in [-0.05, 0) is 32.1 Å². The van der Waals surface area contributed by atoms with E-state index in [-0.39, 0.29) is 42.9 Å². The summed E-state index contributed by atoms with van der Waals surface area (Å²) < 4.78 is 44.5. The van der Waals surface area contributed by atoms with Crippen LogP contribution in [0, 0.1) is 10.8 Å². The second kappa shape index (κ2) is 6.08. The average Bonchev–Trinajstić information content (AvgIpc) is 3.00. The quantitative estimate of drug-likeness (QED) is 0.845. The Morgan fingerprint density at radius 1 is 1.29 bits per heavy atom. The predicted molar refractivity (Wildman–Crippen MR) is 91.4 cm³/mol. The molecular formula is C18H24F3N5O2. The van der Waals surface area contributed by atoms with Crippen molar-refractivity contribution in [3.05, 3.63) is 12.2 Å². The molecule has 2 saturated carbocycles. The van der Waals surface area contributed by atoms with E-state index in [0.717, 1.165) is 25.1 Å².